The van der Waals surface area contributed by atoms with E-state index in [-0.39, 0.29) is 28.3 Å². The Labute approximate surface area is 161 Å². The number of benzene rings is 2. The van der Waals surface area contributed by atoms with Crippen LogP contribution in [0.2, 0.25) is 0 Å². The van der Waals surface area contributed by atoms with E-state index >= 15 is 0 Å². The second kappa shape index (κ2) is 9.48. The number of sulfone groups is 1. The van der Waals surface area contributed by atoms with E-state index in [2.05, 4.69) is 11.7 Å². The molecule has 6 heteroatoms. The fourth-order valence-corrected chi connectivity index (χ4v) is 4.10. The molecule has 2 aromatic rings. The Hall–Kier alpha value is -2.44. The molecule has 2 aromatic carbocycles. The Bertz CT molecular complexity index is 863. The molecule has 0 heterocycles. The Kier molecular flexibility index (Phi) is 7.33. The van der Waals surface area contributed by atoms with Crippen LogP contribution in [0.1, 0.15) is 19.4 Å². The van der Waals surface area contributed by atoms with Crippen molar-refractivity contribution < 1.29 is 13.6 Å². The summed E-state index contributed by atoms with van der Waals surface area (Å²) in [6.07, 6.45) is 1.44. The van der Waals surface area contributed by atoms with Crippen LogP contribution in [0.5, 0.6) is 0 Å². The van der Waals surface area contributed by atoms with Crippen LogP contribution in [0.3, 0.4) is 0 Å². The third kappa shape index (κ3) is 5.52. The van der Waals surface area contributed by atoms with Crippen molar-refractivity contribution in [3.63, 3.8) is 0 Å². The Balaban J connectivity index is 2.31. The monoisotopic (exact) mass is 386 g/mol. The first kappa shape index (κ1) is 20.9. The summed E-state index contributed by atoms with van der Waals surface area (Å²) in [5.74, 6) is 0.122. The summed E-state index contributed by atoms with van der Waals surface area (Å²) in [6, 6.07) is 17.8. The third-order valence-electron chi connectivity index (χ3n) is 4.37. The second-order valence-electron chi connectivity index (χ2n) is 6.74. The van der Waals surface area contributed by atoms with Gasteiger partial charge in [0.2, 0.25) is 9.84 Å². The molecule has 0 bridgehead atoms. The van der Waals surface area contributed by atoms with Crippen LogP contribution in [0.4, 0.5) is 0 Å². The zero-order valence-corrected chi connectivity index (χ0v) is 16.5. The molecule has 0 fully saturated rings. The Morgan fingerprint density at radius 3 is 2.19 bits per heavy atom. The predicted molar refractivity (Wildman–Crippen MR) is 109 cm³/mol. The standard InChI is InChI=1S/C21H26N2O3S/c1-17(2)21(14-22-24)23(16-19-10-6-4-7-11-19)15-18(3)27(25,26)20-12-8-5-9-13-20/h4-14,17,21,24H,3,15-16H2,1-2H3/b22-14+/t21-/m1/s1. The summed E-state index contributed by atoms with van der Waals surface area (Å²) in [5, 5.41) is 12.3. The third-order valence-corrected chi connectivity index (χ3v) is 6.15. The highest BCUT2D eigenvalue weighted by Crippen LogP contribution is 2.22. The highest BCUT2D eigenvalue weighted by molar-refractivity contribution is 7.95. The van der Waals surface area contributed by atoms with Gasteiger partial charge in [-0.2, -0.15) is 0 Å². The molecule has 0 aliphatic heterocycles. The van der Waals surface area contributed by atoms with Crippen LogP contribution in [-0.2, 0) is 16.4 Å². The van der Waals surface area contributed by atoms with Crippen LogP contribution in [-0.4, -0.2) is 37.3 Å². The zero-order chi connectivity index (χ0) is 19.9. The molecule has 0 unspecified atom stereocenters. The number of hydrogen-bond donors (Lipinski definition) is 1. The van der Waals surface area contributed by atoms with Gasteiger partial charge in [0.1, 0.15) is 0 Å². The van der Waals surface area contributed by atoms with E-state index in [1.807, 2.05) is 49.1 Å². The van der Waals surface area contributed by atoms with Crippen LogP contribution in [0.25, 0.3) is 0 Å². The van der Waals surface area contributed by atoms with Gasteiger partial charge < -0.3 is 5.21 Å². The molecule has 2 rings (SSSR count). The first-order valence-electron chi connectivity index (χ1n) is 8.79. The van der Waals surface area contributed by atoms with E-state index in [1.54, 1.807) is 30.3 Å². The molecule has 0 radical (unpaired) electrons. The first-order chi connectivity index (χ1) is 12.9. The van der Waals surface area contributed by atoms with Crippen molar-refractivity contribution in [1.82, 2.24) is 4.90 Å². The van der Waals surface area contributed by atoms with Crippen molar-refractivity contribution in [2.24, 2.45) is 11.1 Å². The van der Waals surface area contributed by atoms with Gasteiger partial charge in [0.25, 0.3) is 0 Å². The van der Waals surface area contributed by atoms with Crippen LogP contribution in [0, 0.1) is 5.92 Å². The summed E-state index contributed by atoms with van der Waals surface area (Å²) in [7, 11) is -3.64. The lowest BCUT2D eigenvalue weighted by atomic mass is 10.0. The molecule has 27 heavy (non-hydrogen) atoms. The number of rotatable bonds is 9. The van der Waals surface area contributed by atoms with E-state index in [0.717, 1.165) is 5.56 Å². The lowest BCUT2D eigenvalue weighted by molar-refractivity contribution is 0.212. The summed E-state index contributed by atoms with van der Waals surface area (Å²) in [6.45, 7) is 8.50. The first-order valence-corrected chi connectivity index (χ1v) is 10.3. The van der Waals surface area contributed by atoms with Gasteiger partial charge in [-0.3, -0.25) is 4.90 Å². The van der Waals surface area contributed by atoms with E-state index in [1.165, 1.54) is 6.21 Å². The molecule has 0 aliphatic rings. The summed E-state index contributed by atoms with van der Waals surface area (Å²) in [4.78, 5) is 2.30. The molecule has 0 amide bonds. The molecular weight excluding hydrogens is 360 g/mol. The van der Waals surface area contributed by atoms with Crippen molar-refractivity contribution in [3.05, 3.63) is 77.7 Å². The molecule has 1 N–H and O–H groups in total. The maximum absolute atomic E-state index is 12.9. The molecule has 0 aromatic heterocycles. The minimum Gasteiger partial charge on any atom is -0.411 e. The lowest BCUT2D eigenvalue weighted by Crippen LogP contribution is -2.41. The van der Waals surface area contributed by atoms with E-state index < -0.39 is 9.84 Å². The highest BCUT2D eigenvalue weighted by Gasteiger charge is 2.26. The van der Waals surface area contributed by atoms with Crippen molar-refractivity contribution in [3.8, 4) is 0 Å². The molecule has 0 spiro atoms. The smallest absolute Gasteiger partial charge is 0.203 e. The molecule has 1 atom stereocenters. The summed E-state index contributed by atoms with van der Waals surface area (Å²) < 4.78 is 25.7. The topological polar surface area (TPSA) is 70.0 Å². The fraction of sp³-hybridized carbons (Fsp3) is 0.286. The molecule has 0 saturated heterocycles. The zero-order valence-electron chi connectivity index (χ0n) is 15.7. The molecular formula is C21H26N2O3S. The minimum atomic E-state index is -3.64. The lowest BCUT2D eigenvalue weighted by Gasteiger charge is -2.32. The van der Waals surface area contributed by atoms with E-state index in [4.69, 9.17) is 5.21 Å². The van der Waals surface area contributed by atoms with E-state index in [9.17, 15) is 8.42 Å². The summed E-state index contributed by atoms with van der Waals surface area (Å²) in [5.41, 5.74) is 1.04. The Morgan fingerprint density at radius 1 is 1.11 bits per heavy atom. The number of oxime groups is 1. The largest absolute Gasteiger partial charge is 0.411 e. The van der Waals surface area contributed by atoms with Gasteiger partial charge in [-0.15, -0.1) is 5.16 Å². The predicted octanol–water partition coefficient (Wildman–Crippen LogP) is 3.96. The maximum Gasteiger partial charge on any atom is 0.203 e. The van der Waals surface area contributed by atoms with Crippen LogP contribution >= 0.6 is 0 Å². The van der Waals surface area contributed by atoms with Crippen molar-refractivity contribution in [2.75, 3.05) is 6.54 Å². The van der Waals surface area contributed by atoms with Crippen molar-refractivity contribution >= 4 is 16.1 Å². The maximum atomic E-state index is 12.9. The fourth-order valence-electron chi connectivity index (χ4n) is 2.92. The van der Waals surface area contributed by atoms with Gasteiger partial charge in [0, 0.05) is 13.1 Å². The van der Waals surface area contributed by atoms with Crippen LogP contribution < -0.4 is 0 Å². The van der Waals surface area contributed by atoms with Gasteiger partial charge >= 0.3 is 0 Å². The Morgan fingerprint density at radius 2 is 1.67 bits per heavy atom. The molecule has 0 aliphatic carbocycles. The van der Waals surface area contributed by atoms with Crippen molar-refractivity contribution in [1.29, 1.82) is 0 Å². The molecule has 5 nitrogen and oxygen atoms in total. The second-order valence-corrected chi connectivity index (χ2v) is 8.80. The van der Waals surface area contributed by atoms with Crippen molar-refractivity contribution in [2.45, 2.75) is 31.3 Å². The average molecular weight is 387 g/mol. The van der Waals surface area contributed by atoms with Crippen LogP contribution in [0.15, 0.2) is 82.2 Å². The molecule has 144 valence electrons. The van der Waals surface area contributed by atoms with E-state index in [0.29, 0.717) is 6.54 Å². The quantitative estimate of drug-likeness (QED) is 0.402. The normalized spacial score (nSPS) is 13.3. The van der Waals surface area contributed by atoms with Gasteiger partial charge in [0.15, 0.2) is 0 Å². The minimum absolute atomic E-state index is 0.113. The van der Waals surface area contributed by atoms with Gasteiger partial charge in [0.05, 0.1) is 22.1 Å². The van der Waals surface area contributed by atoms with Gasteiger partial charge in [-0.05, 0) is 23.6 Å². The highest BCUT2D eigenvalue weighted by atomic mass is 32.2. The number of hydrogen-bond acceptors (Lipinski definition) is 5. The van der Waals surface area contributed by atoms with Gasteiger partial charge in [-0.1, -0.05) is 69.0 Å². The summed E-state index contributed by atoms with van der Waals surface area (Å²) >= 11 is 0. The van der Waals surface area contributed by atoms with Gasteiger partial charge in [-0.25, -0.2) is 8.42 Å². The SMILES string of the molecule is C=C(CN(Cc1ccccc1)[C@H](/C=N/O)C(C)C)S(=O)(=O)c1ccccc1. The average Bonchev–Trinajstić information content (AvgIpc) is 2.66. The molecule has 0 saturated carbocycles. The number of nitrogens with zero attached hydrogens (tertiary/aromatic N) is 2.